The minimum absolute atomic E-state index is 0.352. The van der Waals surface area contributed by atoms with Crippen molar-refractivity contribution >= 4 is 12.1 Å². The van der Waals surface area contributed by atoms with Crippen LogP contribution in [0.4, 0.5) is 4.79 Å². The predicted molar refractivity (Wildman–Crippen MR) is 51.9 cm³/mol. The normalized spacial score (nSPS) is 8.80. The molecule has 1 N–H and O–H groups in total. The van der Waals surface area contributed by atoms with Gasteiger partial charge < -0.3 is 9.57 Å². The quantitative estimate of drug-likeness (QED) is 0.588. The van der Waals surface area contributed by atoms with Crippen molar-refractivity contribution in [3.8, 4) is 5.75 Å². The lowest BCUT2D eigenvalue weighted by Gasteiger charge is -2.04. The lowest BCUT2D eigenvalue weighted by molar-refractivity contribution is -0.143. The van der Waals surface area contributed by atoms with Gasteiger partial charge in [0.25, 0.3) is 0 Å². The highest BCUT2D eigenvalue weighted by Gasteiger charge is 2.05. The predicted octanol–water partition coefficient (Wildman–Crippen LogP) is 1.42. The molecule has 0 aromatic heterocycles. The standard InChI is InChI=1S/C10H9NO4/c1-2-9(12)15-11-10(13)14-8-6-4-3-5-7-8/h2-7H,1H2,(H,11,13). The van der Waals surface area contributed by atoms with Crippen molar-refractivity contribution in [1.82, 2.24) is 5.48 Å². The smallest absolute Gasteiger partial charge is 0.408 e. The van der Waals surface area contributed by atoms with Crippen LogP contribution < -0.4 is 10.2 Å². The molecular formula is C10H9NO4. The van der Waals surface area contributed by atoms with Crippen LogP contribution in [0.1, 0.15) is 0 Å². The molecule has 0 unspecified atom stereocenters. The van der Waals surface area contributed by atoms with E-state index in [1.807, 2.05) is 0 Å². The first-order valence-electron chi connectivity index (χ1n) is 4.08. The van der Waals surface area contributed by atoms with Gasteiger partial charge in [0.1, 0.15) is 5.75 Å². The lowest BCUT2D eigenvalue weighted by Crippen LogP contribution is -2.29. The Morgan fingerprint density at radius 1 is 1.27 bits per heavy atom. The van der Waals surface area contributed by atoms with Gasteiger partial charge in [-0.15, -0.1) is 5.48 Å². The molecule has 0 bridgehead atoms. The van der Waals surface area contributed by atoms with Crippen LogP contribution in [0, 0.1) is 0 Å². The van der Waals surface area contributed by atoms with Crippen LogP contribution in [0.15, 0.2) is 43.0 Å². The van der Waals surface area contributed by atoms with Gasteiger partial charge in [0.05, 0.1) is 0 Å². The summed E-state index contributed by atoms with van der Waals surface area (Å²) in [5.74, 6) is -0.412. The molecule has 5 nitrogen and oxygen atoms in total. The topological polar surface area (TPSA) is 64.6 Å². The molecule has 0 aliphatic carbocycles. The summed E-state index contributed by atoms with van der Waals surface area (Å²) in [6.45, 7) is 3.16. The van der Waals surface area contributed by atoms with Crippen LogP contribution in [0.25, 0.3) is 0 Å². The van der Waals surface area contributed by atoms with Gasteiger partial charge in [0, 0.05) is 6.08 Å². The summed E-state index contributed by atoms with van der Waals surface area (Å²) in [7, 11) is 0. The Labute approximate surface area is 86.3 Å². The Bertz CT molecular complexity index is 361. The van der Waals surface area contributed by atoms with Crippen molar-refractivity contribution in [3.05, 3.63) is 43.0 Å². The maximum Gasteiger partial charge on any atom is 0.446 e. The molecule has 1 amide bonds. The molecule has 15 heavy (non-hydrogen) atoms. The molecule has 0 heterocycles. The molecule has 0 atom stereocenters. The maximum absolute atomic E-state index is 11.0. The number of hydroxylamine groups is 1. The molecule has 0 fully saturated rings. The van der Waals surface area contributed by atoms with Gasteiger partial charge in [0.2, 0.25) is 0 Å². The van der Waals surface area contributed by atoms with Crippen molar-refractivity contribution in [1.29, 1.82) is 0 Å². The first-order valence-corrected chi connectivity index (χ1v) is 4.08. The van der Waals surface area contributed by atoms with Crippen LogP contribution in [0.2, 0.25) is 0 Å². The first kappa shape index (κ1) is 10.8. The molecule has 0 saturated heterocycles. The van der Waals surface area contributed by atoms with E-state index in [1.165, 1.54) is 0 Å². The highest BCUT2D eigenvalue weighted by Crippen LogP contribution is 2.07. The summed E-state index contributed by atoms with van der Waals surface area (Å²) in [4.78, 5) is 25.8. The molecule has 1 rings (SSSR count). The fraction of sp³-hybridized carbons (Fsp3) is 0. The highest BCUT2D eigenvalue weighted by molar-refractivity contribution is 5.82. The third-order valence-electron chi connectivity index (χ3n) is 1.36. The Hall–Kier alpha value is -2.30. The van der Waals surface area contributed by atoms with Crippen LogP contribution in [-0.2, 0) is 9.63 Å². The Morgan fingerprint density at radius 2 is 1.93 bits per heavy atom. The van der Waals surface area contributed by atoms with Crippen molar-refractivity contribution in [2.75, 3.05) is 0 Å². The second-order valence-electron chi connectivity index (χ2n) is 2.43. The summed E-state index contributed by atoms with van der Waals surface area (Å²) in [6.07, 6.45) is 0.0411. The van der Waals surface area contributed by atoms with Gasteiger partial charge in [-0.2, -0.15) is 0 Å². The van der Waals surface area contributed by atoms with E-state index in [2.05, 4.69) is 11.4 Å². The number of ether oxygens (including phenoxy) is 1. The number of benzene rings is 1. The SMILES string of the molecule is C=CC(=O)ONC(=O)Oc1ccccc1. The van der Waals surface area contributed by atoms with E-state index in [9.17, 15) is 9.59 Å². The average molecular weight is 207 g/mol. The fourth-order valence-electron chi connectivity index (χ4n) is 0.750. The zero-order valence-corrected chi connectivity index (χ0v) is 7.80. The molecule has 78 valence electrons. The number of carbonyl (C=O) groups excluding carboxylic acids is 2. The Balaban J connectivity index is 2.37. The summed E-state index contributed by atoms with van der Waals surface area (Å²) in [6, 6.07) is 8.38. The van der Waals surface area contributed by atoms with Gasteiger partial charge in [-0.25, -0.2) is 9.59 Å². The van der Waals surface area contributed by atoms with Crippen LogP contribution >= 0.6 is 0 Å². The molecule has 0 spiro atoms. The van der Waals surface area contributed by atoms with Crippen LogP contribution in [0.5, 0.6) is 5.75 Å². The fourth-order valence-corrected chi connectivity index (χ4v) is 0.750. The van der Waals surface area contributed by atoms with Gasteiger partial charge in [-0.3, -0.25) is 0 Å². The van der Waals surface area contributed by atoms with E-state index >= 15 is 0 Å². The van der Waals surface area contributed by atoms with E-state index in [4.69, 9.17) is 4.74 Å². The minimum Gasteiger partial charge on any atom is -0.408 e. The first-order chi connectivity index (χ1) is 7.22. The van der Waals surface area contributed by atoms with Gasteiger partial charge in [-0.1, -0.05) is 24.8 Å². The largest absolute Gasteiger partial charge is 0.446 e. The monoisotopic (exact) mass is 207 g/mol. The van der Waals surface area contributed by atoms with Crippen LogP contribution in [-0.4, -0.2) is 12.1 Å². The number of para-hydroxylation sites is 1. The van der Waals surface area contributed by atoms with Crippen molar-refractivity contribution < 1.29 is 19.2 Å². The third-order valence-corrected chi connectivity index (χ3v) is 1.36. The molecule has 1 aromatic carbocycles. The number of hydrogen-bond donors (Lipinski definition) is 1. The zero-order valence-electron chi connectivity index (χ0n) is 7.80. The molecular weight excluding hydrogens is 198 g/mol. The number of rotatable bonds is 2. The van der Waals surface area contributed by atoms with E-state index in [0.717, 1.165) is 6.08 Å². The second-order valence-corrected chi connectivity index (χ2v) is 2.43. The molecule has 0 saturated carbocycles. The second kappa shape index (κ2) is 5.43. The lowest BCUT2D eigenvalue weighted by atomic mass is 10.3. The van der Waals surface area contributed by atoms with Crippen molar-refractivity contribution in [3.63, 3.8) is 0 Å². The molecule has 0 aliphatic heterocycles. The van der Waals surface area contributed by atoms with Crippen molar-refractivity contribution in [2.24, 2.45) is 0 Å². The number of hydrogen-bond acceptors (Lipinski definition) is 4. The van der Waals surface area contributed by atoms with E-state index in [-0.39, 0.29) is 0 Å². The molecule has 0 radical (unpaired) electrons. The number of nitrogens with one attached hydrogen (secondary N) is 1. The zero-order chi connectivity index (χ0) is 11.1. The Kier molecular flexibility index (Phi) is 3.91. The van der Waals surface area contributed by atoms with Gasteiger partial charge >= 0.3 is 12.1 Å². The third kappa shape index (κ3) is 3.95. The van der Waals surface area contributed by atoms with E-state index in [0.29, 0.717) is 5.75 Å². The number of amides is 1. The van der Waals surface area contributed by atoms with E-state index < -0.39 is 12.1 Å². The molecule has 0 aliphatic rings. The van der Waals surface area contributed by atoms with Gasteiger partial charge in [-0.05, 0) is 12.1 Å². The van der Waals surface area contributed by atoms with Crippen LogP contribution in [0.3, 0.4) is 0 Å². The van der Waals surface area contributed by atoms with Gasteiger partial charge in [0.15, 0.2) is 0 Å². The summed E-state index contributed by atoms with van der Waals surface area (Å²) < 4.78 is 4.75. The molecule has 1 aromatic rings. The Morgan fingerprint density at radius 3 is 2.53 bits per heavy atom. The number of carbonyl (C=O) groups is 2. The summed E-state index contributed by atoms with van der Waals surface area (Å²) in [5.41, 5.74) is 1.80. The minimum atomic E-state index is -0.878. The maximum atomic E-state index is 11.0. The molecule has 5 heteroatoms. The summed E-state index contributed by atoms with van der Waals surface area (Å²) in [5, 5.41) is 0. The van der Waals surface area contributed by atoms with E-state index in [1.54, 1.807) is 35.8 Å². The van der Waals surface area contributed by atoms with Crippen molar-refractivity contribution in [2.45, 2.75) is 0 Å². The highest BCUT2D eigenvalue weighted by atomic mass is 16.7. The summed E-state index contributed by atoms with van der Waals surface area (Å²) >= 11 is 0. The average Bonchev–Trinajstić information content (AvgIpc) is 2.27.